The van der Waals surface area contributed by atoms with Crippen LogP contribution in [0.15, 0.2) is 17.2 Å². The zero-order chi connectivity index (χ0) is 14.6. The van der Waals surface area contributed by atoms with E-state index in [0.717, 1.165) is 12.1 Å². The molecule has 1 rings (SSSR count). The van der Waals surface area contributed by atoms with Crippen LogP contribution in [-0.2, 0) is 23.6 Å². The number of nitrogens with zero attached hydrogens (tertiary/aromatic N) is 1. The molecule has 6 heteroatoms. The Kier molecular flexibility index (Phi) is 5.58. The van der Waals surface area contributed by atoms with Gasteiger partial charge in [0.15, 0.2) is 0 Å². The maximum absolute atomic E-state index is 12.3. The number of nitrogens with one attached hydrogen (secondary N) is 2. The van der Waals surface area contributed by atoms with Crippen molar-refractivity contribution in [1.29, 1.82) is 0 Å². The van der Waals surface area contributed by atoms with Crippen molar-refractivity contribution in [2.75, 3.05) is 7.05 Å². The molecule has 0 radical (unpaired) electrons. The highest BCUT2D eigenvalue weighted by atomic mass is 32.2. The molecule has 0 aliphatic heterocycles. The Morgan fingerprint density at radius 1 is 1.37 bits per heavy atom. The van der Waals surface area contributed by atoms with Crippen molar-refractivity contribution in [3.05, 3.63) is 18.0 Å². The van der Waals surface area contributed by atoms with Gasteiger partial charge in [0.1, 0.15) is 0 Å². The molecule has 1 atom stereocenters. The first kappa shape index (κ1) is 16.2. The van der Waals surface area contributed by atoms with Gasteiger partial charge in [-0.2, -0.15) is 0 Å². The second-order valence-electron chi connectivity index (χ2n) is 5.19. The van der Waals surface area contributed by atoms with Crippen molar-refractivity contribution in [2.45, 2.75) is 44.7 Å². The van der Waals surface area contributed by atoms with Gasteiger partial charge in [0, 0.05) is 31.5 Å². The molecule has 1 aromatic heterocycles. The number of sulfonamides is 1. The zero-order valence-electron chi connectivity index (χ0n) is 12.4. The van der Waals surface area contributed by atoms with E-state index in [4.69, 9.17) is 0 Å². The average Bonchev–Trinajstić information content (AvgIpc) is 2.69. The van der Waals surface area contributed by atoms with E-state index in [1.807, 2.05) is 39.4 Å². The molecule has 0 spiro atoms. The van der Waals surface area contributed by atoms with Gasteiger partial charge in [-0.3, -0.25) is 0 Å². The lowest BCUT2D eigenvalue weighted by Gasteiger charge is -2.20. The molecule has 0 bridgehead atoms. The van der Waals surface area contributed by atoms with Crippen LogP contribution in [0.5, 0.6) is 0 Å². The molecule has 19 heavy (non-hydrogen) atoms. The summed E-state index contributed by atoms with van der Waals surface area (Å²) in [5.74, 6) is 0.278. The maximum atomic E-state index is 12.3. The fraction of sp³-hybridized carbons (Fsp3) is 0.692. The third kappa shape index (κ3) is 4.06. The van der Waals surface area contributed by atoms with Crippen LogP contribution >= 0.6 is 0 Å². The van der Waals surface area contributed by atoms with Crippen molar-refractivity contribution >= 4 is 10.0 Å². The Labute approximate surface area is 116 Å². The quantitative estimate of drug-likeness (QED) is 0.798. The first-order valence-electron chi connectivity index (χ1n) is 6.64. The molecule has 5 nitrogen and oxygen atoms in total. The van der Waals surface area contributed by atoms with Gasteiger partial charge in [0.05, 0.1) is 4.90 Å². The highest BCUT2D eigenvalue weighted by Gasteiger charge is 2.22. The molecule has 0 saturated carbocycles. The van der Waals surface area contributed by atoms with E-state index in [1.54, 1.807) is 12.3 Å². The van der Waals surface area contributed by atoms with Crippen LogP contribution in [0.25, 0.3) is 0 Å². The second kappa shape index (κ2) is 6.54. The van der Waals surface area contributed by atoms with Gasteiger partial charge >= 0.3 is 0 Å². The lowest BCUT2D eigenvalue weighted by Crippen LogP contribution is -2.37. The van der Waals surface area contributed by atoms with Crippen molar-refractivity contribution in [2.24, 2.45) is 13.0 Å². The van der Waals surface area contributed by atoms with Gasteiger partial charge in [-0.05, 0) is 25.5 Å². The number of hydrogen-bond acceptors (Lipinski definition) is 3. The monoisotopic (exact) mass is 287 g/mol. The highest BCUT2D eigenvalue weighted by molar-refractivity contribution is 7.89. The van der Waals surface area contributed by atoms with Crippen LogP contribution < -0.4 is 10.0 Å². The Morgan fingerprint density at radius 2 is 2.00 bits per heavy atom. The van der Waals surface area contributed by atoms with Crippen LogP contribution in [-0.4, -0.2) is 26.1 Å². The first-order valence-corrected chi connectivity index (χ1v) is 8.12. The molecule has 0 aliphatic carbocycles. The highest BCUT2D eigenvalue weighted by Crippen LogP contribution is 2.16. The van der Waals surface area contributed by atoms with Crippen molar-refractivity contribution in [3.63, 3.8) is 0 Å². The summed E-state index contributed by atoms with van der Waals surface area (Å²) in [6.07, 6.45) is 2.44. The number of hydrogen-bond donors (Lipinski definition) is 2. The van der Waals surface area contributed by atoms with Gasteiger partial charge in [0.2, 0.25) is 10.0 Å². The second-order valence-corrected chi connectivity index (χ2v) is 6.90. The fourth-order valence-electron chi connectivity index (χ4n) is 2.04. The average molecular weight is 287 g/mol. The van der Waals surface area contributed by atoms with E-state index < -0.39 is 10.0 Å². The predicted octanol–water partition coefficient (Wildman–Crippen LogP) is 1.46. The Balaban J connectivity index is 2.97. The molecular formula is C13H25N3O2S. The van der Waals surface area contributed by atoms with Crippen LogP contribution in [0.3, 0.4) is 0 Å². The smallest absolute Gasteiger partial charge is 0.242 e. The number of aryl methyl sites for hydroxylation is 1. The summed E-state index contributed by atoms with van der Waals surface area (Å²) >= 11 is 0. The van der Waals surface area contributed by atoms with Crippen molar-refractivity contribution in [3.8, 4) is 0 Å². The third-order valence-corrected chi connectivity index (χ3v) is 4.76. The summed E-state index contributed by atoms with van der Waals surface area (Å²) in [5, 5.41) is 3.02. The molecule has 1 aromatic rings. The summed E-state index contributed by atoms with van der Waals surface area (Å²) < 4.78 is 29.3. The molecular weight excluding hydrogens is 262 g/mol. The van der Waals surface area contributed by atoms with E-state index in [-0.39, 0.29) is 12.0 Å². The third-order valence-electron chi connectivity index (χ3n) is 3.30. The zero-order valence-corrected chi connectivity index (χ0v) is 13.2. The molecule has 0 aliphatic rings. The van der Waals surface area contributed by atoms with E-state index in [1.165, 1.54) is 0 Å². The molecule has 0 aromatic carbocycles. The van der Waals surface area contributed by atoms with Gasteiger partial charge < -0.3 is 9.88 Å². The first-order chi connectivity index (χ1) is 8.81. The molecule has 0 amide bonds. The fourth-order valence-corrected chi connectivity index (χ4v) is 3.60. The normalized spacial score (nSPS) is 14.0. The lowest BCUT2D eigenvalue weighted by molar-refractivity contribution is 0.437. The summed E-state index contributed by atoms with van der Waals surface area (Å²) in [5.41, 5.74) is 0.945. The maximum Gasteiger partial charge on any atom is 0.242 e. The van der Waals surface area contributed by atoms with Crippen LogP contribution in [0, 0.1) is 5.92 Å². The van der Waals surface area contributed by atoms with Gasteiger partial charge in [0.25, 0.3) is 0 Å². The standard InChI is InChI=1S/C13H25N3O2S/c1-6-13(10(2)3)15-19(17,18)12-7-11(8-14-4)16(5)9-12/h7,9-10,13-15H,6,8H2,1-5H3. The molecule has 1 heterocycles. The lowest BCUT2D eigenvalue weighted by atomic mass is 10.0. The number of aromatic nitrogens is 1. The summed E-state index contributed by atoms with van der Waals surface area (Å²) in [6, 6.07) is 1.68. The van der Waals surface area contributed by atoms with Gasteiger partial charge in [-0.25, -0.2) is 13.1 Å². The van der Waals surface area contributed by atoms with Crippen LogP contribution in [0.4, 0.5) is 0 Å². The minimum atomic E-state index is -3.44. The Hall–Kier alpha value is -0.850. The number of rotatable bonds is 7. The van der Waals surface area contributed by atoms with E-state index >= 15 is 0 Å². The minimum Gasteiger partial charge on any atom is -0.352 e. The summed E-state index contributed by atoms with van der Waals surface area (Å²) in [6.45, 7) is 6.68. The molecule has 1 unspecified atom stereocenters. The minimum absolute atomic E-state index is 0.0297. The Bertz CT molecular complexity index is 506. The molecule has 110 valence electrons. The SMILES string of the molecule is CCC(NS(=O)(=O)c1cc(CNC)n(C)c1)C(C)C. The van der Waals surface area contributed by atoms with E-state index in [2.05, 4.69) is 10.0 Å². The van der Waals surface area contributed by atoms with E-state index in [9.17, 15) is 8.42 Å². The van der Waals surface area contributed by atoms with Crippen molar-refractivity contribution < 1.29 is 8.42 Å². The van der Waals surface area contributed by atoms with Crippen LogP contribution in [0.1, 0.15) is 32.9 Å². The Morgan fingerprint density at radius 3 is 2.47 bits per heavy atom. The molecule has 2 N–H and O–H groups in total. The van der Waals surface area contributed by atoms with Crippen LogP contribution in [0.2, 0.25) is 0 Å². The van der Waals surface area contributed by atoms with E-state index in [0.29, 0.717) is 11.4 Å². The topological polar surface area (TPSA) is 63.1 Å². The predicted molar refractivity (Wildman–Crippen MR) is 77.4 cm³/mol. The largest absolute Gasteiger partial charge is 0.352 e. The molecule has 0 saturated heterocycles. The molecule has 0 fully saturated rings. The van der Waals surface area contributed by atoms with Gasteiger partial charge in [-0.15, -0.1) is 0 Å². The summed E-state index contributed by atoms with van der Waals surface area (Å²) in [7, 11) is 0.256. The van der Waals surface area contributed by atoms with Gasteiger partial charge in [-0.1, -0.05) is 20.8 Å². The summed E-state index contributed by atoms with van der Waals surface area (Å²) in [4.78, 5) is 0.333. The van der Waals surface area contributed by atoms with Crippen molar-refractivity contribution in [1.82, 2.24) is 14.6 Å².